The Bertz CT molecular complexity index is 672. The van der Waals surface area contributed by atoms with Crippen molar-refractivity contribution in [3.63, 3.8) is 0 Å². The first-order valence-electron chi connectivity index (χ1n) is 6.45. The SMILES string of the molecule is CC(c1ccccc1O)N(C)C(=O)c1cc(O)ccc1Cl. The Morgan fingerprint density at radius 1 is 1.19 bits per heavy atom. The van der Waals surface area contributed by atoms with Gasteiger partial charge in [0.05, 0.1) is 16.6 Å². The van der Waals surface area contributed by atoms with Gasteiger partial charge in [-0.05, 0) is 31.2 Å². The van der Waals surface area contributed by atoms with E-state index in [1.54, 1.807) is 31.3 Å². The highest BCUT2D eigenvalue weighted by atomic mass is 35.5. The van der Waals surface area contributed by atoms with Crippen LogP contribution in [0.5, 0.6) is 11.5 Å². The van der Waals surface area contributed by atoms with Crippen LogP contribution in [0.25, 0.3) is 0 Å². The van der Waals surface area contributed by atoms with Crippen molar-refractivity contribution in [2.45, 2.75) is 13.0 Å². The van der Waals surface area contributed by atoms with Gasteiger partial charge in [-0.1, -0.05) is 29.8 Å². The lowest BCUT2D eigenvalue weighted by atomic mass is 10.0. The van der Waals surface area contributed by atoms with E-state index in [9.17, 15) is 15.0 Å². The lowest BCUT2D eigenvalue weighted by Gasteiger charge is -2.26. The first kappa shape index (κ1) is 15.2. The molecule has 2 aromatic rings. The topological polar surface area (TPSA) is 60.8 Å². The number of carbonyl (C=O) groups is 1. The first-order chi connectivity index (χ1) is 9.91. The summed E-state index contributed by atoms with van der Waals surface area (Å²) in [4.78, 5) is 14.0. The van der Waals surface area contributed by atoms with Crippen LogP contribution in [0, 0.1) is 0 Å². The molecular weight excluding hydrogens is 290 g/mol. The average molecular weight is 306 g/mol. The summed E-state index contributed by atoms with van der Waals surface area (Å²) in [5.41, 5.74) is 0.867. The molecule has 0 radical (unpaired) electrons. The van der Waals surface area contributed by atoms with Gasteiger partial charge in [-0.2, -0.15) is 0 Å². The number of nitrogens with zero attached hydrogens (tertiary/aromatic N) is 1. The lowest BCUT2D eigenvalue weighted by Crippen LogP contribution is -2.29. The summed E-state index contributed by atoms with van der Waals surface area (Å²) in [6.07, 6.45) is 0. The van der Waals surface area contributed by atoms with Gasteiger partial charge in [0.2, 0.25) is 0 Å². The van der Waals surface area contributed by atoms with Crippen molar-refractivity contribution in [3.05, 3.63) is 58.6 Å². The Balaban J connectivity index is 2.31. The van der Waals surface area contributed by atoms with Crippen molar-refractivity contribution in [1.29, 1.82) is 0 Å². The van der Waals surface area contributed by atoms with Gasteiger partial charge in [0.25, 0.3) is 5.91 Å². The maximum atomic E-state index is 12.5. The summed E-state index contributed by atoms with van der Waals surface area (Å²) in [6.45, 7) is 1.81. The second kappa shape index (κ2) is 6.06. The fourth-order valence-electron chi connectivity index (χ4n) is 2.09. The predicted molar refractivity (Wildman–Crippen MR) is 81.7 cm³/mol. The van der Waals surface area contributed by atoms with E-state index < -0.39 is 0 Å². The molecular formula is C16H16ClNO3. The van der Waals surface area contributed by atoms with Crippen molar-refractivity contribution in [1.82, 2.24) is 4.90 Å². The van der Waals surface area contributed by atoms with E-state index in [1.165, 1.54) is 23.1 Å². The molecule has 0 saturated heterocycles. The number of carbonyl (C=O) groups excluding carboxylic acids is 1. The number of hydrogen-bond acceptors (Lipinski definition) is 3. The third-order valence-corrected chi connectivity index (χ3v) is 3.80. The van der Waals surface area contributed by atoms with Crippen LogP contribution >= 0.6 is 11.6 Å². The smallest absolute Gasteiger partial charge is 0.255 e. The summed E-state index contributed by atoms with van der Waals surface area (Å²) in [5, 5.41) is 19.6. The van der Waals surface area contributed by atoms with Gasteiger partial charge < -0.3 is 15.1 Å². The minimum absolute atomic E-state index is 0.0219. The number of aromatic hydroxyl groups is 2. The molecule has 110 valence electrons. The monoisotopic (exact) mass is 305 g/mol. The highest BCUT2D eigenvalue weighted by molar-refractivity contribution is 6.33. The molecule has 2 rings (SSSR count). The van der Waals surface area contributed by atoms with Crippen LogP contribution in [-0.2, 0) is 0 Å². The average Bonchev–Trinajstić information content (AvgIpc) is 2.48. The molecule has 0 spiro atoms. The van der Waals surface area contributed by atoms with Gasteiger partial charge in [0, 0.05) is 12.6 Å². The molecule has 0 heterocycles. The second-order valence-electron chi connectivity index (χ2n) is 4.81. The second-order valence-corrected chi connectivity index (χ2v) is 5.22. The first-order valence-corrected chi connectivity index (χ1v) is 6.83. The third-order valence-electron chi connectivity index (χ3n) is 3.47. The van der Waals surface area contributed by atoms with Gasteiger partial charge in [-0.15, -0.1) is 0 Å². The van der Waals surface area contributed by atoms with Gasteiger partial charge >= 0.3 is 0 Å². The summed E-state index contributed by atoms with van der Waals surface area (Å²) >= 11 is 6.01. The van der Waals surface area contributed by atoms with Crippen LogP contribution in [0.4, 0.5) is 0 Å². The van der Waals surface area contributed by atoms with Crippen molar-refractivity contribution in [2.24, 2.45) is 0 Å². The van der Waals surface area contributed by atoms with Crippen molar-refractivity contribution >= 4 is 17.5 Å². The molecule has 2 N–H and O–H groups in total. The molecule has 1 atom stereocenters. The van der Waals surface area contributed by atoms with Crippen LogP contribution in [-0.4, -0.2) is 28.1 Å². The van der Waals surface area contributed by atoms with Crippen LogP contribution in [0.15, 0.2) is 42.5 Å². The number of hydrogen-bond donors (Lipinski definition) is 2. The number of halogens is 1. The molecule has 5 heteroatoms. The number of phenolic OH excluding ortho intramolecular Hbond substituents is 2. The fourth-order valence-corrected chi connectivity index (χ4v) is 2.29. The lowest BCUT2D eigenvalue weighted by molar-refractivity contribution is 0.0741. The largest absolute Gasteiger partial charge is 0.508 e. The highest BCUT2D eigenvalue weighted by Crippen LogP contribution is 2.30. The molecule has 0 aromatic heterocycles. The zero-order chi connectivity index (χ0) is 15.6. The molecule has 1 amide bonds. The Kier molecular flexibility index (Phi) is 4.38. The number of para-hydroxylation sites is 1. The number of phenols is 2. The fraction of sp³-hybridized carbons (Fsp3) is 0.188. The summed E-state index contributed by atoms with van der Waals surface area (Å²) < 4.78 is 0. The van der Waals surface area contributed by atoms with E-state index in [2.05, 4.69) is 0 Å². The van der Waals surface area contributed by atoms with Gasteiger partial charge in [0.1, 0.15) is 11.5 Å². The predicted octanol–water partition coefficient (Wildman–Crippen LogP) is 3.58. The standard InChI is InChI=1S/C16H16ClNO3/c1-10(12-5-3-4-6-15(12)20)18(2)16(21)13-9-11(19)7-8-14(13)17/h3-10,19-20H,1-2H3. The van der Waals surface area contributed by atoms with E-state index in [0.717, 1.165) is 0 Å². The number of amides is 1. The Hall–Kier alpha value is -2.20. The van der Waals surface area contributed by atoms with Crippen LogP contribution in [0.1, 0.15) is 28.9 Å². The zero-order valence-corrected chi connectivity index (χ0v) is 12.5. The molecule has 0 saturated carbocycles. The summed E-state index contributed by atoms with van der Waals surface area (Å²) in [5.74, 6) is -0.218. The molecule has 4 nitrogen and oxygen atoms in total. The Morgan fingerprint density at radius 3 is 2.52 bits per heavy atom. The van der Waals surface area contributed by atoms with E-state index in [4.69, 9.17) is 11.6 Å². The molecule has 0 bridgehead atoms. The minimum Gasteiger partial charge on any atom is -0.508 e. The Morgan fingerprint density at radius 2 is 1.86 bits per heavy atom. The van der Waals surface area contributed by atoms with E-state index in [-0.39, 0.29) is 34.0 Å². The molecule has 0 aliphatic rings. The molecule has 0 aliphatic heterocycles. The molecule has 2 aromatic carbocycles. The maximum Gasteiger partial charge on any atom is 0.255 e. The maximum absolute atomic E-state index is 12.5. The number of benzene rings is 2. The van der Waals surface area contributed by atoms with E-state index >= 15 is 0 Å². The van der Waals surface area contributed by atoms with Gasteiger partial charge in [-0.3, -0.25) is 4.79 Å². The highest BCUT2D eigenvalue weighted by Gasteiger charge is 2.22. The van der Waals surface area contributed by atoms with Crippen molar-refractivity contribution < 1.29 is 15.0 Å². The Labute approximate surface area is 128 Å². The van der Waals surface area contributed by atoms with Crippen LogP contribution < -0.4 is 0 Å². The van der Waals surface area contributed by atoms with E-state index in [0.29, 0.717) is 5.56 Å². The van der Waals surface area contributed by atoms with Crippen LogP contribution in [0.3, 0.4) is 0 Å². The molecule has 0 fully saturated rings. The summed E-state index contributed by atoms with van der Waals surface area (Å²) in [7, 11) is 1.62. The van der Waals surface area contributed by atoms with Gasteiger partial charge in [-0.25, -0.2) is 0 Å². The zero-order valence-electron chi connectivity index (χ0n) is 11.7. The van der Waals surface area contributed by atoms with E-state index in [1.807, 2.05) is 6.92 Å². The molecule has 0 aliphatic carbocycles. The molecule has 1 unspecified atom stereocenters. The van der Waals surface area contributed by atoms with Gasteiger partial charge in [0.15, 0.2) is 0 Å². The quantitative estimate of drug-likeness (QED) is 0.911. The minimum atomic E-state index is -0.336. The molecule has 21 heavy (non-hydrogen) atoms. The van der Waals surface area contributed by atoms with Crippen molar-refractivity contribution in [3.8, 4) is 11.5 Å². The normalized spacial score (nSPS) is 12.0. The third kappa shape index (κ3) is 3.11. The number of rotatable bonds is 3. The summed E-state index contributed by atoms with van der Waals surface area (Å²) in [6, 6.07) is 10.7. The van der Waals surface area contributed by atoms with Crippen LogP contribution in [0.2, 0.25) is 5.02 Å². The van der Waals surface area contributed by atoms with Crippen molar-refractivity contribution in [2.75, 3.05) is 7.05 Å².